The van der Waals surface area contributed by atoms with Crippen LogP contribution in [0.2, 0.25) is 0 Å². The van der Waals surface area contributed by atoms with Crippen LogP contribution in [0.15, 0.2) is 0 Å². The van der Waals surface area contributed by atoms with Crippen LogP contribution in [0.3, 0.4) is 0 Å². The fraction of sp³-hybridized carbons (Fsp3) is 0.889. The molecule has 0 heterocycles. The quantitative estimate of drug-likeness (QED) is 0.738. The van der Waals surface area contributed by atoms with Gasteiger partial charge in [-0.05, 0) is 18.8 Å². The molecule has 2 aliphatic rings. The molecule has 0 aromatic rings. The molecule has 92 valence electrons. The summed E-state index contributed by atoms with van der Waals surface area (Å²) in [4.78, 5) is 10.5. The highest BCUT2D eigenvalue weighted by atomic mass is 19.4. The molecule has 2 aliphatic carbocycles. The van der Waals surface area contributed by atoms with Crippen LogP contribution in [-0.2, 0) is 4.79 Å². The maximum atomic E-state index is 12.7. The van der Waals surface area contributed by atoms with E-state index in [1.165, 1.54) is 0 Å². The fourth-order valence-electron chi connectivity index (χ4n) is 2.42. The van der Waals surface area contributed by atoms with Crippen LogP contribution < -0.4 is 5.32 Å². The average molecular weight is 243 g/mol. The molecule has 2 saturated carbocycles. The first-order valence-corrected chi connectivity index (χ1v) is 4.95. The molecule has 16 heavy (non-hydrogen) atoms. The van der Waals surface area contributed by atoms with Gasteiger partial charge in [0.2, 0.25) is 0 Å². The van der Waals surface area contributed by atoms with E-state index in [2.05, 4.69) is 0 Å². The summed E-state index contributed by atoms with van der Waals surface area (Å²) in [6.45, 7) is -0.165. The molecule has 1 N–H and O–H groups in total. The van der Waals surface area contributed by atoms with Crippen LogP contribution in [0.25, 0.3) is 0 Å². The van der Waals surface area contributed by atoms with E-state index in [1.807, 2.05) is 0 Å². The van der Waals surface area contributed by atoms with Crippen molar-refractivity contribution in [3.8, 4) is 0 Å². The second-order valence-electron chi connectivity index (χ2n) is 4.43. The molecule has 2 fully saturated rings. The van der Waals surface area contributed by atoms with Gasteiger partial charge in [-0.2, -0.15) is 13.2 Å². The summed E-state index contributed by atoms with van der Waals surface area (Å²) in [5, 5.41) is 1.72. The summed E-state index contributed by atoms with van der Waals surface area (Å²) in [5.74, 6) is -6.23. The Kier molecular flexibility index (Phi) is 2.40. The van der Waals surface area contributed by atoms with Gasteiger partial charge < -0.3 is 5.32 Å². The van der Waals surface area contributed by atoms with Crippen molar-refractivity contribution in [2.45, 2.75) is 24.9 Å². The van der Waals surface area contributed by atoms with E-state index >= 15 is 0 Å². The molecule has 2 atom stereocenters. The lowest BCUT2D eigenvalue weighted by molar-refractivity contribution is -0.173. The zero-order valence-electron chi connectivity index (χ0n) is 8.15. The standard InChI is InChI=1S/C9H10F5NO/c10-8(11)5-1-4(2-6(5)8)3-15-7(16)9(12,13)14/h4-6H,1-3H2,(H,15,16). The van der Waals surface area contributed by atoms with Gasteiger partial charge in [0.1, 0.15) is 0 Å². The molecule has 2 unspecified atom stereocenters. The van der Waals surface area contributed by atoms with Crippen molar-refractivity contribution in [1.29, 1.82) is 0 Å². The summed E-state index contributed by atoms with van der Waals surface area (Å²) in [6.07, 6.45) is -4.49. The topological polar surface area (TPSA) is 29.1 Å². The molecule has 0 saturated heterocycles. The first-order valence-electron chi connectivity index (χ1n) is 4.95. The third kappa shape index (κ3) is 1.87. The molecule has 0 aliphatic heterocycles. The number of hydrogen-bond donors (Lipinski definition) is 1. The number of halogens is 5. The summed E-state index contributed by atoms with van der Waals surface area (Å²) in [6, 6.07) is 0. The summed E-state index contributed by atoms with van der Waals surface area (Å²) in [5.41, 5.74) is 0. The smallest absolute Gasteiger partial charge is 0.348 e. The summed E-state index contributed by atoms with van der Waals surface area (Å²) >= 11 is 0. The third-order valence-electron chi connectivity index (χ3n) is 3.35. The molecular formula is C9H10F5NO. The van der Waals surface area contributed by atoms with Gasteiger partial charge in [-0.1, -0.05) is 0 Å². The molecule has 0 radical (unpaired) electrons. The minimum atomic E-state index is -4.90. The molecule has 0 bridgehead atoms. The minimum absolute atomic E-state index is 0.165. The Morgan fingerprint density at radius 3 is 2.19 bits per heavy atom. The summed E-state index contributed by atoms with van der Waals surface area (Å²) < 4.78 is 60.9. The van der Waals surface area contributed by atoms with Crippen LogP contribution >= 0.6 is 0 Å². The Morgan fingerprint density at radius 2 is 1.75 bits per heavy atom. The lowest BCUT2D eigenvalue weighted by Crippen LogP contribution is -2.39. The predicted octanol–water partition coefficient (Wildman–Crippen LogP) is 1.96. The second kappa shape index (κ2) is 3.30. The van der Waals surface area contributed by atoms with E-state index < -0.39 is 29.8 Å². The Labute approximate surface area is 88.2 Å². The molecule has 0 spiro atoms. The van der Waals surface area contributed by atoms with Gasteiger partial charge in [-0.15, -0.1) is 0 Å². The van der Waals surface area contributed by atoms with Gasteiger partial charge >= 0.3 is 12.1 Å². The van der Waals surface area contributed by atoms with Crippen molar-refractivity contribution in [2.75, 3.05) is 6.54 Å². The van der Waals surface area contributed by atoms with Crippen molar-refractivity contribution in [2.24, 2.45) is 17.8 Å². The normalized spacial score (nSPS) is 35.7. The van der Waals surface area contributed by atoms with E-state index in [-0.39, 0.29) is 25.3 Å². The highest BCUT2D eigenvalue weighted by Gasteiger charge is 2.71. The number of carbonyl (C=O) groups excluding carboxylic acids is 1. The molecule has 0 aromatic heterocycles. The Bertz CT molecular complexity index is 300. The molecule has 0 aromatic carbocycles. The van der Waals surface area contributed by atoms with Crippen molar-refractivity contribution < 1.29 is 26.7 Å². The van der Waals surface area contributed by atoms with Gasteiger partial charge in [0.15, 0.2) is 0 Å². The SMILES string of the molecule is O=C(NCC1CC2C(C1)C2(F)F)C(F)(F)F. The zero-order valence-corrected chi connectivity index (χ0v) is 8.15. The lowest BCUT2D eigenvalue weighted by Gasteiger charge is -2.15. The number of amides is 1. The van der Waals surface area contributed by atoms with Crippen molar-refractivity contribution in [3.05, 3.63) is 0 Å². The largest absolute Gasteiger partial charge is 0.471 e. The Hall–Kier alpha value is -0.880. The zero-order chi connectivity index (χ0) is 12.1. The van der Waals surface area contributed by atoms with E-state index in [1.54, 1.807) is 5.32 Å². The maximum Gasteiger partial charge on any atom is 0.471 e. The highest BCUT2D eigenvalue weighted by Crippen LogP contribution is 2.65. The van der Waals surface area contributed by atoms with Crippen LogP contribution in [0, 0.1) is 17.8 Å². The van der Waals surface area contributed by atoms with Gasteiger partial charge in [-0.25, -0.2) is 8.78 Å². The van der Waals surface area contributed by atoms with Crippen molar-refractivity contribution >= 4 is 5.91 Å². The molecule has 7 heteroatoms. The van der Waals surface area contributed by atoms with E-state index in [9.17, 15) is 26.7 Å². The van der Waals surface area contributed by atoms with E-state index in [0.29, 0.717) is 0 Å². The van der Waals surface area contributed by atoms with Crippen LogP contribution in [-0.4, -0.2) is 24.6 Å². The second-order valence-corrected chi connectivity index (χ2v) is 4.43. The number of rotatable bonds is 2. The van der Waals surface area contributed by atoms with Gasteiger partial charge in [0.05, 0.1) is 0 Å². The molecule has 2 nitrogen and oxygen atoms in total. The van der Waals surface area contributed by atoms with Gasteiger partial charge in [-0.3, -0.25) is 4.79 Å². The number of hydrogen-bond acceptors (Lipinski definition) is 1. The number of nitrogens with one attached hydrogen (secondary N) is 1. The summed E-state index contributed by atoms with van der Waals surface area (Å²) in [7, 11) is 0. The van der Waals surface area contributed by atoms with Crippen LogP contribution in [0.4, 0.5) is 22.0 Å². The Balaban J connectivity index is 1.73. The predicted molar refractivity (Wildman–Crippen MR) is 43.7 cm³/mol. The van der Waals surface area contributed by atoms with Crippen LogP contribution in [0.5, 0.6) is 0 Å². The van der Waals surface area contributed by atoms with Crippen molar-refractivity contribution in [3.63, 3.8) is 0 Å². The van der Waals surface area contributed by atoms with Crippen LogP contribution in [0.1, 0.15) is 12.8 Å². The number of alkyl halides is 5. The van der Waals surface area contributed by atoms with E-state index in [4.69, 9.17) is 0 Å². The number of carbonyl (C=O) groups is 1. The third-order valence-corrected chi connectivity index (χ3v) is 3.35. The lowest BCUT2D eigenvalue weighted by atomic mass is 10.0. The number of fused-ring (bicyclic) bond motifs is 1. The van der Waals surface area contributed by atoms with E-state index in [0.717, 1.165) is 0 Å². The molecular weight excluding hydrogens is 233 g/mol. The Morgan fingerprint density at radius 1 is 1.25 bits per heavy atom. The maximum absolute atomic E-state index is 12.7. The monoisotopic (exact) mass is 243 g/mol. The highest BCUT2D eigenvalue weighted by molar-refractivity contribution is 5.81. The first-order chi connectivity index (χ1) is 7.23. The van der Waals surface area contributed by atoms with Crippen molar-refractivity contribution in [1.82, 2.24) is 5.32 Å². The van der Waals surface area contributed by atoms with Gasteiger partial charge in [0, 0.05) is 18.4 Å². The molecule has 1 amide bonds. The fourth-order valence-corrected chi connectivity index (χ4v) is 2.42. The van der Waals surface area contributed by atoms with Gasteiger partial charge in [0.25, 0.3) is 5.92 Å². The first kappa shape index (κ1) is 11.6. The minimum Gasteiger partial charge on any atom is -0.348 e. The molecule has 2 rings (SSSR count). The average Bonchev–Trinajstić information content (AvgIpc) is 2.57.